The van der Waals surface area contributed by atoms with Crippen LogP contribution in [0.1, 0.15) is 21.7 Å². The standard InChI is InChI=1S/C7H7N3O.C3H8.H2/c1-11-6-3-2-5-7(10-6)9-4-8-5;1-3-2;/h2-4H,1H3,(H,8,9,10);3H2,1-2H3;1H. The molecule has 0 spiro atoms. The molecule has 0 saturated heterocycles. The quantitative estimate of drug-likeness (QED) is 0.761. The largest absolute Gasteiger partial charge is 0.481 e. The van der Waals surface area contributed by atoms with Crippen LogP contribution in [0.2, 0.25) is 0 Å². The van der Waals surface area contributed by atoms with E-state index >= 15 is 0 Å². The summed E-state index contributed by atoms with van der Waals surface area (Å²) in [5, 5.41) is 0. The van der Waals surface area contributed by atoms with Crippen molar-refractivity contribution in [1.82, 2.24) is 15.0 Å². The van der Waals surface area contributed by atoms with Gasteiger partial charge in [-0.05, 0) is 6.07 Å². The predicted molar refractivity (Wildman–Crippen MR) is 58.5 cm³/mol. The van der Waals surface area contributed by atoms with Crippen LogP contribution >= 0.6 is 0 Å². The number of H-pyrrole nitrogens is 1. The lowest BCUT2D eigenvalue weighted by Crippen LogP contribution is -1.86. The summed E-state index contributed by atoms with van der Waals surface area (Å²) in [5.74, 6) is 0.588. The van der Waals surface area contributed by atoms with Crippen LogP contribution in [-0.4, -0.2) is 22.1 Å². The van der Waals surface area contributed by atoms with Crippen LogP contribution in [0, 0.1) is 0 Å². The molecular formula is C10H17N3O. The van der Waals surface area contributed by atoms with Gasteiger partial charge in [-0.2, -0.15) is 4.98 Å². The third kappa shape index (κ3) is 2.45. The number of nitrogens with one attached hydrogen (secondary N) is 1. The Balaban J connectivity index is 0.000000443. The second-order valence-corrected chi connectivity index (χ2v) is 2.83. The van der Waals surface area contributed by atoms with Crippen molar-refractivity contribution in [3.05, 3.63) is 18.5 Å². The zero-order valence-corrected chi connectivity index (χ0v) is 8.74. The second kappa shape index (κ2) is 5.21. The van der Waals surface area contributed by atoms with E-state index < -0.39 is 0 Å². The molecule has 14 heavy (non-hydrogen) atoms. The molecule has 1 N–H and O–H groups in total. The van der Waals surface area contributed by atoms with Crippen LogP contribution < -0.4 is 4.74 Å². The van der Waals surface area contributed by atoms with E-state index in [0.717, 1.165) is 5.52 Å². The van der Waals surface area contributed by atoms with E-state index in [1.165, 1.54) is 6.42 Å². The van der Waals surface area contributed by atoms with Gasteiger partial charge in [0.05, 0.1) is 19.0 Å². The highest BCUT2D eigenvalue weighted by Gasteiger charge is 1.97. The number of methoxy groups -OCH3 is 1. The molecule has 0 amide bonds. The van der Waals surface area contributed by atoms with Crippen molar-refractivity contribution in [3.8, 4) is 5.88 Å². The fraction of sp³-hybridized carbons (Fsp3) is 0.400. The number of nitrogens with zero attached hydrogens (tertiary/aromatic N) is 2. The summed E-state index contributed by atoms with van der Waals surface area (Å²) in [6, 6.07) is 3.68. The summed E-state index contributed by atoms with van der Waals surface area (Å²) in [7, 11) is 1.58. The van der Waals surface area contributed by atoms with Gasteiger partial charge in [0, 0.05) is 7.49 Å². The van der Waals surface area contributed by atoms with Gasteiger partial charge >= 0.3 is 0 Å². The third-order valence-corrected chi connectivity index (χ3v) is 1.47. The van der Waals surface area contributed by atoms with Crippen molar-refractivity contribution >= 4 is 11.2 Å². The molecule has 78 valence electrons. The molecule has 0 atom stereocenters. The number of ether oxygens (including phenoxy) is 1. The minimum atomic E-state index is 0. The molecule has 0 aliphatic heterocycles. The van der Waals surface area contributed by atoms with E-state index in [4.69, 9.17) is 4.74 Å². The maximum Gasteiger partial charge on any atom is 0.215 e. The van der Waals surface area contributed by atoms with Crippen molar-refractivity contribution in [2.45, 2.75) is 20.3 Å². The van der Waals surface area contributed by atoms with E-state index in [1.54, 1.807) is 19.5 Å². The lowest BCUT2D eigenvalue weighted by molar-refractivity contribution is 0.399. The fourth-order valence-corrected chi connectivity index (χ4v) is 0.919. The van der Waals surface area contributed by atoms with Crippen LogP contribution in [-0.2, 0) is 0 Å². The molecule has 2 heterocycles. The van der Waals surface area contributed by atoms with Gasteiger partial charge in [0.2, 0.25) is 5.88 Å². The van der Waals surface area contributed by atoms with E-state index in [2.05, 4.69) is 28.8 Å². The Morgan fingerprint density at radius 3 is 2.79 bits per heavy atom. The van der Waals surface area contributed by atoms with Crippen molar-refractivity contribution < 1.29 is 6.16 Å². The minimum Gasteiger partial charge on any atom is -0.481 e. The molecule has 4 nitrogen and oxygen atoms in total. The Hall–Kier alpha value is -1.58. The zero-order valence-electron chi connectivity index (χ0n) is 8.74. The summed E-state index contributed by atoms with van der Waals surface area (Å²) in [6.07, 6.45) is 2.86. The van der Waals surface area contributed by atoms with Gasteiger partial charge in [0.1, 0.15) is 0 Å². The van der Waals surface area contributed by atoms with Gasteiger partial charge < -0.3 is 9.72 Å². The molecule has 0 unspecified atom stereocenters. The molecule has 2 aromatic heterocycles. The first-order valence-corrected chi connectivity index (χ1v) is 4.65. The van der Waals surface area contributed by atoms with Gasteiger partial charge in [-0.1, -0.05) is 20.3 Å². The lowest BCUT2D eigenvalue weighted by atomic mass is 10.4. The number of rotatable bonds is 1. The monoisotopic (exact) mass is 195 g/mol. The normalized spacial score (nSPS) is 9.36. The summed E-state index contributed by atoms with van der Waals surface area (Å²) < 4.78 is 4.93. The molecule has 2 rings (SSSR count). The first-order valence-electron chi connectivity index (χ1n) is 4.65. The highest BCUT2D eigenvalue weighted by Crippen LogP contribution is 2.11. The Labute approximate surface area is 84.8 Å². The highest BCUT2D eigenvalue weighted by molar-refractivity contribution is 5.70. The Kier molecular flexibility index (Phi) is 3.91. The molecule has 0 aliphatic rings. The molecule has 0 aliphatic carbocycles. The SMILES string of the molecule is CCC.COc1ccc2[nH]cnc2n1.[HH]. The molecule has 0 fully saturated rings. The number of imidazole rings is 1. The summed E-state index contributed by atoms with van der Waals surface area (Å²) in [4.78, 5) is 11.0. The van der Waals surface area contributed by atoms with Crippen LogP contribution in [0.4, 0.5) is 0 Å². The van der Waals surface area contributed by atoms with Gasteiger partial charge in [0.25, 0.3) is 0 Å². The Morgan fingerprint density at radius 2 is 2.14 bits per heavy atom. The molecule has 0 radical (unpaired) electrons. The number of pyridine rings is 1. The molecular weight excluding hydrogens is 178 g/mol. The summed E-state index contributed by atoms with van der Waals surface area (Å²) in [5.41, 5.74) is 1.61. The average Bonchev–Trinajstić information content (AvgIpc) is 2.65. The van der Waals surface area contributed by atoms with Crippen LogP contribution in [0.15, 0.2) is 18.5 Å². The molecule has 0 saturated carbocycles. The smallest absolute Gasteiger partial charge is 0.215 e. The molecule has 4 heteroatoms. The summed E-state index contributed by atoms with van der Waals surface area (Å²) in [6.45, 7) is 4.25. The number of hydrogen-bond acceptors (Lipinski definition) is 3. The second-order valence-electron chi connectivity index (χ2n) is 2.83. The summed E-state index contributed by atoms with van der Waals surface area (Å²) >= 11 is 0. The molecule has 0 bridgehead atoms. The Morgan fingerprint density at radius 1 is 1.43 bits per heavy atom. The topological polar surface area (TPSA) is 50.8 Å². The van der Waals surface area contributed by atoms with Crippen molar-refractivity contribution in [2.24, 2.45) is 0 Å². The van der Waals surface area contributed by atoms with Crippen LogP contribution in [0.3, 0.4) is 0 Å². The van der Waals surface area contributed by atoms with Gasteiger partial charge in [-0.15, -0.1) is 0 Å². The number of fused-ring (bicyclic) bond motifs is 1. The maximum absolute atomic E-state index is 4.93. The average molecular weight is 195 g/mol. The molecule has 0 aromatic carbocycles. The fourth-order valence-electron chi connectivity index (χ4n) is 0.919. The van der Waals surface area contributed by atoms with Crippen LogP contribution in [0.25, 0.3) is 11.2 Å². The van der Waals surface area contributed by atoms with E-state index in [-0.39, 0.29) is 1.43 Å². The van der Waals surface area contributed by atoms with Crippen molar-refractivity contribution in [3.63, 3.8) is 0 Å². The van der Waals surface area contributed by atoms with E-state index in [1.807, 2.05) is 6.07 Å². The maximum atomic E-state index is 4.93. The van der Waals surface area contributed by atoms with Gasteiger partial charge in [0.15, 0.2) is 5.65 Å². The van der Waals surface area contributed by atoms with Crippen LogP contribution in [0.5, 0.6) is 5.88 Å². The first kappa shape index (κ1) is 10.5. The predicted octanol–water partition coefficient (Wildman–Crippen LogP) is 2.63. The third-order valence-electron chi connectivity index (χ3n) is 1.47. The number of aromatic amines is 1. The molecule has 2 aromatic rings. The highest BCUT2D eigenvalue weighted by atomic mass is 16.5. The Bertz CT molecular complexity index is 389. The lowest BCUT2D eigenvalue weighted by Gasteiger charge is -1.95. The van der Waals surface area contributed by atoms with Crippen molar-refractivity contribution in [2.75, 3.05) is 7.11 Å². The van der Waals surface area contributed by atoms with E-state index in [9.17, 15) is 0 Å². The van der Waals surface area contributed by atoms with E-state index in [0.29, 0.717) is 11.5 Å². The van der Waals surface area contributed by atoms with Crippen molar-refractivity contribution in [1.29, 1.82) is 0 Å². The zero-order chi connectivity index (χ0) is 10.4. The van der Waals surface area contributed by atoms with Gasteiger partial charge in [-0.3, -0.25) is 0 Å². The van der Waals surface area contributed by atoms with Gasteiger partial charge in [-0.25, -0.2) is 4.98 Å². The number of hydrogen-bond donors (Lipinski definition) is 1. The minimum absolute atomic E-state index is 0. The first-order chi connectivity index (χ1) is 6.81. The number of aromatic nitrogens is 3.